The third-order valence-electron chi connectivity index (χ3n) is 2.75. The van der Waals surface area contributed by atoms with Crippen molar-refractivity contribution in [3.63, 3.8) is 0 Å². The number of aromatic nitrogens is 1. The van der Waals surface area contributed by atoms with E-state index in [9.17, 15) is 4.79 Å². The number of thiocarbonyl (C=S) groups is 1. The van der Waals surface area contributed by atoms with Gasteiger partial charge in [0.2, 0.25) is 0 Å². The van der Waals surface area contributed by atoms with Gasteiger partial charge in [-0.05, 0) is 38.2 Å². The summed E-state index contributed by atoms with van der Waals surface area (Å²) in [6, 6.07) is 5.16. The van der Waals surface area contributed by atoms with Crippen LogP contribution in [0.5, 0.6) is 0 Å². The van der Waals surface area contributed by atoms with Crippen molar-refractivity contribution < 1.29 is 9.53 Å². The first-order valence-corrected chi connectivity index (χ1v) is 6.40. The van der Waals surface area contributed by atoms with Gasteiger partial charge < -0.3 is 15.4 Å². The van der Waals surface area contributed by atoms with Gasteiger partial charge in [0.15, 0.2) is 5.11 Å². The lowest BCUT2D eigenvalue weighted by atomic mass is 10.00. The number of nitrogens with one attached hydrogen (secondary N) is 2. The van der Waals surface area contributed by atoms with E-state index in [2.05, 4.69) is 15.6 Å². The molecular weight excluding hydrogens is 262 g/mol. The second-order valence-corrected chi connectivity index (χ2v) is 4.45. The largest absolute Gasteiger partial charge is 0.463 e. The van der Waals surface area contributed by atoms with Gasteiger partial charge in [0.25, 0.3) is 0 Å². The monoisotopic (exact) mass is 277 g/mol. The van der Waals surface area contributed by atoms with Crippen LogP contribution in [0.1, 0.15) is 25.6 Å². The van der Waals surface area contributed by atoms with E-state index in [0.29, 0.717) is 23.0 Å². The summed E-state index contributed by atoms with van der Waals surface area (Å²) < 4.78 is 5.09. The van der Waals surface area contributed by atoms with E-state index in [1.807, 2.05) is 18.2 Å². The number of carbonyl (C=O) groups excluding carboxylic acids is 1. The minimum absolute atomic E-state index is 0.328. The van der Waals surface area contributed by atoms with Crippen LogP contribution in [0, 0.1) is 0 Å². The molecular formula is C13H15N3O2S. The van der Waals surface area contributed by atoms with E-state index in [4.69, 9.17) is 17.0 Å². The third-order valence-corrected chi connectivity index (χ3v) is 2.97. The molecule has 0 saturated carbocycles. The molecule has 2 rings (SSSR count). The van der Waals surface area contributed by atoms with E-state index in [0.717, 1.165) is 5.69 Å². The highest BCUT2D eigenvalue weighted by atomic mass is 32.1. The molecule has 0 bridgehead atoms. The molecule has 0 fully saturated rings. The lowest BCUT2D eigenvalue weighted by Crippen LogP contribution is -2.45. The molecule has 1 aromatic heterocycles. The molecule has 0 radical (unpaired) electrons. The molecule has 2 N–H and O–H groups in total. The van der Waals surface area contributed by atoms with E-state index in [1.54, 1.807) is 20.0 Å². The zero-order chi connectivity index (χ0) is 13.8. The predicted molar refractivity (Wildman–Crippen MR) is 75.2 cm³/mol. The van der Waals surface area contributed by atoms with Crippen LogP contribution in [0.2, 0.25) is 0 Å². The second-order valence-electron chi connectivity index (χ2n) is 4.05. The fourth-order valence-electron chi connectivity index (χ4n) is 1.94. The number of carbonyl (C=O) groups is 1. The fourth-order valence-corrected chi connectivity index (χ4v) is 2.21. The van der Waals surface area contributed by atoms with Gasteiger partial charge in [-0.2, -0.15) is 0 Å². The van der Waals surface area contributed by atoms with Crippen LogP contribution in [0.25, 0.3) is 0 Å². The molecule has 0 saturated heterocycles. The number of pyridine rings is 1. The van der Waals surface area contributed by atoms with Crippen LogP contribution in [-0.4, -0.2) is 22.7 Å². The first kappa shape index (κ1) is 13.5. The maximum atomic E-state index is 12.1. The molecule has 0 aliphatic carbocycles. The van der Waals surface area contributed by atoms with Crippen molar-refractivity contribution in [2.45, 2.75) is 19.9 Å². The molecule has 1 aliphatic rings. The summed E-state index contributed by atoms with van der Waals surface area (Å²) in [4.78, 5) is 16.3. The van der Waals surface area contributed by atoms with Crippen molar-refractivity contribution in [2.75, 3.05) is 6.61 Å². The molecule has 1 aliphatic heterocycles. The molecule has 1 unspecified atom stereocenters. The van der Waals surface area contributed by atoms with Crippen molar-refractivity contribution in [3.05, 3.63) is 41.4 Å². The van der Waals surface area contributed by atoms with Gasteiger partial charge in [-0.1, -0.05) is 6.07 Å². The molecule has 5 nitrogen and oxygen atoms in total. The number of hydrogen-bond acceptors (Lipinski definition) is 4. The van der Waals surface area contributed by atoms with Gasteiger partial charge in [-0.15, -0.1) is 0 Å². The van der Waals surface area contributed by atoms with Crippen LogP contribution >= 0.6 is 12.2 Å². The number of esters is 1. The molecule has 19 heavy (non-hydrogen) atoms. The average molecular weight is 277 g/mol. The smallest absolute Gasteiger partial charge is 0.338 e. The molecule has 0 amide bonds. The van der Waals surface area contributed by atoms with E-state index >= 15 is 0 Å². The summed E-state index contributed by atoms with van der Waals surface area (Å²) in [5, 5.41) is 6.46. The molecule has 0 spiro atoms. The Hall–Kier alpha value is -1.95. The second kappa shape index (κ2) is 5.79. The highest BCUT2D eigenvalue weighted by Gasteiger charge is 2.31. The van der Waals surface area contributed by atoms with Crippen molar-refractivity contribution >= 4 is 23.3 Å². The fraction of sp³-hybridized carbons (Fsp3) is 0.308. The first-order chi connectivity index (χ1) is 9.13. The summed E-state index contributed by atoms with van der Waals surface area (Å²) in [6.07, 6.45) is 1.68. The summed E-state index contributed by atoms with van der Waals surface area (Å²) in [7, 11) is 0. The molecule has 2 heterocycles. The predicted octanol–water partition coefficient (Wildman–Crippen LogP) is 1.44. The van der Waals surface area contributed by atoms with Gasteiger partial charge in [0, 0.05) is 11.9 Å². The Morgan fingerprint density at radius 1 is 1.53 bits per heavy atom. The number of hydrogen-bond donors (Lipinski definition) is 2. The zero-order valence-corrected chi connectivity index (χ0v) is 11.6. The van der Waals surface area contributed by atoms with Gasteiger partial charge in [0.1, 0.15) is 6.04 Å². The topological polar surface area (TPSA) is 63.2 Å². The van der Waals surface area contributed by atoms with E-state index in [1.165, 1.54) is 0 Å². The van der Waals surface area contributed by atoms with Gasteiger partial charge >= 0.3 is 5.97 Å². The normalized spacial score (nSPS) is 18.6. The standard InChI is InChI=1S/C13H15N3O2S/c1-3-18-12(17)10-8(2)15-13(19)16-11(10)9-6-4-5-7-14-9/h4-7,11H,3H2,1-2H3,(H2,15,16,19). The summed E-state index contributed by atoms with van der Waals surface area (Å²) in [6.45, 7) is 3.90. The zero-order valence-electron chi connectivity index (χ0n) is 10.8. The summed E-state index contributed by atoms with van der Waals surface area (Å²) in [5.41, 5.74) is 1.93. The number of rotatable bonds is 3. The van der Waals surface area contributed by atoms with E-state index < -0.39 is 0 Å². The Kier molecular flexibility index (Phi) is 4.11. The first-order valence-electron chi connectivity index (χ1n) is 5.99. The van der Waals surface area contributed by atoms with Gasteiger partial charge in [0.05, 0.1) is 17.9 Å². The number of ether oxygens (including phenoxy) is 1. The molecule has 100 valence electrons. The SMILES string of the molecule is CCOC(=O)C1=C(C)NC(=S)NC1c1ccccn1. The molecule has 1 aromatic rings. The minimum atomic E-state index is -0.381. The average Bonchev–Trinajstić information content (AvgIpc) is 2.39. The summed E-state index contributed by atoms with van der Waals surface area (Å²) >= 11 is 5.13. The molecule has 1 atom stereocenters. The van der Waals surface area contributed by atoms with Crippen molar-refractivity contribution in [3.8, 4) is 0 Å². The molecule has 6 heteroatoms. The quantitative estimate of drug-likeness (QED) is 0.644. The maximum Gasteiger partial charge on any atom is 0.338 e. The third kappa shape index (κ3) is 2.90. The minimum Gasteiger partial charge on any atom is -0.463 e. The van der Waals surface area contributed by atoms with Gasteiger partial charge in [-0.3, -0.25) is 4.98 Å². The Morgan fingerprint density at radius 3 is 2.95 bits per heavy atom. The summed E-state index contributed by atoms with van der Waals surface area (Å²) in [5.74, 6) is -0.363. The van der Waals surface area contributed by atoms with E-state index in [-0.39, 0.29) is 12.0 Å². The highest BCUT2D eigenvalue weighted by molar-refractivity contribution is 7.80. The Morgan fingerprint density at radius 2 is 2.32 bits per heavy atom. The van der Waals surface area contributed by atoms with Crippen molar-refractivity contribution in [1.82, 2.24) is 15.6 Å². The van der Waals surface area contributed by atoms with Crippen molar-refractivity contribution in [2.24, 2.45) is 0 Å². The number of allylic oxidation sites excluding steroid dienone is 1. The van der Waals surface area contributed by atoms with Crippen LogP contribution < -0.4 is 10.6 Å². The van der Waals surface area contributed by atoms with Crippen LogP contribution in [0.15, 0.2) is 35.7 Å². The van der Waals surface area contributed by atoms with Crippen molar-refractivity contribution in [1.29, 1.82) is 0 Å². The Balaban J connectivity index is 2.41. The van der Waals surface area contributed by atoms with Crippen LogP contribution in [0.3, 0.4) is 0 Å². The number of nitrogens with zero attached hydrogens (tertiary/aromatic N) is 1. The lowest BCUT2D eigenvalue weighted by molar-refractivity contribution is -0.139. The van der Waals surface area contributed by atoms with Crippen LogP contribution in [0.4, 0.5) is 0 Å². The Labute approximate surface area is 117 Å². The van der Waals surface area contributed by atoms with Gasteiger partial charge in [-0.25, -0.2) is 4.79 Å². The maximum absolute atomic E-state index is 12.1. The Bertz CT molecular complexity index is 528. The molecule has 0 aromatic carbocycles. The highest BCUT2D eigenvalue weighted by Crippen LogP contribution is 2.25. The van der Waals surface area contributed by atoms with Crippen LogP contribution in [-0.2, 0) is 9.53 Å². The lowest BCUT2D eigenvalue weighted by Gasteiger charge is -2.29.